The maximum atomic E-state index is 7.10. The molecule has 3 aromatic heterocycles. The van der Waals surface area contributed by atoms with Crippen molar-refractivity contribution >= 4 is 75.1 Å². The summed E-state index contributed by atoms with van der Waals surface area (Å²) in [6.07, 6.45) is 1.98. The van der Waals surface area contributed by atoms with Crippen molar-refractivity contribution in [1.82, 2.24) is 18.9 Å². The Hall–Kier alpha value is -6.03. The van der Waals surface area contributed by atoms with Gasteiger partial charge in [-0.05, 0) is 73.6 Å². The number of ether oxygens (including phenoxy) is 1. The summed E-state index contributed by atoms with van der Waals surface area (Å²) in [5.41, 5.74) is 4.20. The molecule has 0 amide bonds. The first-order chi connectivity index (χ1) is 25.1. The van der Waals surface area contributed by atoms with Crippen LogP contribution in [0.15, 0.2) is 170 Å². The van der Waals surface area contributed by atoms with Crippen LogP contribution in [0.1, 0.15) is 0 Å². The van der Waals surface area contributed by atoms with E-state index in [1.165, 1.54) is 31.1 Å². The molecule has 5 nitrogen and oxygen atoms in total. The van der Waals surface area contributed by atoms with E-state index in [1.54, 1.807) is 0 Å². The predicted octanol–water partition coefficient (Wildman–Crippen LogP) is 6.13. The van der Waals surface area contributed by atoms with Gasteiger partial charge in [0.05, 0.1) is 22.1 Å². The van der Waals surface area contributed by atoms with Crippen LogP contribution in [-0.4, -0.2) is 35.1 Å². The number of hydrogen-bond donors (Lipinski definition) is 0. The van der Waals surface area contributed by atoms with Gasteiger partial charge < -0.3 is 4.74 Å². The van der Waals surface area contributed by atoms with Crippen molar-refractivity contribution in [1.29, 1.82) is 0 Å². The zero-order valence-electron chi connectivity index (χ0n) is 28.4. The molecule has 1 aliphatic heterocycles. The minimum Gasteiger partial charge on any atom is -0.458 e. The maximum Gasteiger partial charge on any atom is 0.221 e. The van der Waals surface area contributed by atoms with Crippen LogP contribution in [0.4, 0.5) is 0 Å². The van der Waals surface area contributed by atoms with Crippen molar-refractivity contribution in [3.63, 3.8) is 0 Å². The molecule has 0 saturated carbocycles. The lowest BCUT2D eigenvalue weighted by atomic mass is 10.3. The Bertz CT molecular complexity index is 2730. The first kappa shape index (κ1) is 29.9. The summed E-state index contributed by atoms with van der Waals surface area (Å²) in [7, 11) is -5.16. The Morgan fingerprint density at radius 2 is 1.20 bits per heavy atom. The highest BCUT2D eigenvalue weighted by Crippen LogP contribution is 2.31. The summed E-state index contributed by atoms with van der Waals surface area (Å²) in [6.45, 7) is 4.90. The highest BCUT2D eigenvalue weighted by molar-refractivity contribution is 7.20. The van der Waals surface area contributed by atoms with Crippen LogP contribution in [0.5, 0.6) is 11.5 Å². The molecule has 9 aromatic rings. The quantitative estimate of drug-likeness (QED) is 0.161. The topological polar surface area (TPSA) is 44.4 Å². The van der Waals surface area contributed by atoms with E-state index in [0.29, 0.717) is 0 Å². The number of para-hydroxylation sites is 6. The molecule has 4 heterocycles. The Kier molecular flexibility index (Phi) is 6.58. The molecule has 0 spiro atoms. The Morgan fingerprint density at radius 1 is 0.569 bits per heavy atom. The number of nitrogens with zero attached hydrogens (tertiary/aromatic N) is 4. The fraction of sp³-hybridized carbons (Fsp3) is 0.0455. The number of aromatic nitrogens is 4. The molecule has 7 heteroatoms. The third-order valence-electron chi connectivity index (χ3n) is 10.8. The third kappa shape index (κ3) is 4.25. The zero-order chi connectivity index (χ0) is 34.2. The molecule has 6 aromatic carbocycles. The number of fused-ring (bicyclic) bond motifs is 7. The number of benzene rings is 6. The fourth-order valence-electron chi connectivity index (χ4n) is 8.45. The SMILES string of the molecule is C[Si]1(C)c2ccccc2Oc2c1cccc2[Si](c1ccccc1)(c1ccccc1)c1ccnc(-n2c3ccccc3n3c4ccccc4nc23)c1. The smallest absolute Gasteiger partial charge is 0.221 e. The third-order valence-corrected chi connectivity index (χ3v) is 19.1. The van der Waals surface area contributed by atoms with Gasteiger partial charge >= 0.3 is 0 Å². The van der Waals surface area contributed by atoms with Crippen molar-refractivity contribution in [2.75, 3.05) is 0 Å². The van der Waals surface area contributed by atoms with Crippen molar-refractivity contribution in [2.45, 2.75) is 13.1 Å². The van der Waals surface area contributed by atoms with Crippen molar-refractivity contribution in [3.8, 4) is 17.3 Å². The van der Waals surface area contributed by atoms with Gasteiger partial charge in [0.2, 0.25) is 5.78 Å². The lowest BCUT2D eigenvalue weighted by Gasteiger charge is -2.40. The largest absolute Gasteiger partial charge is 0.458 e. The van der Waals surface area contributed by atoms with Crippen LogP contribution >= 0.6 is 0 Å². The minimum absolute atomic E-state index is 0.837. The zero-order valence-corrected chi connectivity index (χ0v) is 30.4. The highest BCUT2D eigenvalue weighted by atomic mass is 28.3. The van der Waals surface area contributed by atoms with Crippen LogP contribution in [-0.2, 0) is 0 Å². The lowest BCUT2D eigenvalue weighted by Crippen LogP contribution is -2.75. The summed E-state index contributed by atoms with van der Waals surface area (Å²) in [5, 5.41) is 7.73. The summed E-state index contributed by atoms with van der Waals surface area (Å²) in [5.74, 6) is 3.67. The normalized spacial score (nSPS) is 13.6. The van der Waals surface area contributed by atoms with Gasteiger partial charge in [0.15, 0.2) is 8.07 Å². The van der Waals surface area contributed by atoms with Gasteiger partial charge in [0.1, 0.15) is 25.4 Å². The van der Waals surface area contributed by atoms with Gasteiger partial charge in [-0.15, -0.1) is 0 Å². The molecule has 0 N–H and O–H groups in total. The molecule has 0 bridgehead atoms. The summed E-state index contributed by atoms with van der Waals surface area (Å²) < 4.78 is 11.6. The number of imidazole rings is 2. The van der Waals surface area contributed by atoms with Crippen molar-refractivity contribution in [3.05, 3.63) is 170 Å². The van der Waals surface area contributed by atoms with E-state index in [0.717, 1.165) is 45.2 Å². The second kappa shape index (κ2) is 11.2. The van der Waals surface area contributed by atoms with Gasteiger partial charge in [-0.1, -0.05) is 134 Å². The summed E-state index contributed by atoms with van der Waals surface area (Å²) >= 11 is 0. The second-order valence-corrected chi connectivity index (χ2v) is 21.9. The molecule has 0 radical (unpaired) electrons. The van der Waals surface area contributed by atoms with Crippen LogP contribution in [0.2, 0.25) is 13.1 Å². The fourth-order valence-corrected chi connectivity index (χ4v) is 16.3. The number of pyridine rings is 1. The van der Waals surface area contributed by atoms with Gasteiger partial charge in [0.25, 0.3) is 0 Å². The minimum atomic E-state index is -3.06. The van der Waals surface area contributed by atoms with Gasteiger partial charge in [-0.2, -0.15) is 0 Å². The molecule has 244 valence electrons. The predicted molar refractivity (Wildman–Crippen MR) is 214 cm³/mol. The molecule has 0 unspecified atom stereocenters. The molecule has 1 aliphatic rings. The van der Waals surface area contributed by atoms with Crippen LogP contribution in [0.25, 0.3) is 33.7 Å². The standard InChI is InChI=1S/C44H34N4OSi2/c1-50(2)39-25-14-13-24-38(39)49-43-40(50)26-15-27-41(43)51(31-16-5-3-6-17-31,32-18-7-4-8-19-32)33-28-29-45-42(30-33)48-37-23-12-11-22-36(37)47-35-21-10-9-20-34(35)46-44(47)48/h3-30H,1-2H3. The van der Waals surface area contributed by atoms with Crippen molar-refractivity contribution in [2.24, 2.45) is 0 Å². The van der Waals surface area contributed by atoms with Gasteiger partial charge in [-0.25, -0.2) is 9.97 Å². The van der Waals surface area contributed by atoms with E-state index >= 15 is 0 Å². The molecular weight excluding hydrogens is 657 g/mol. The number of hydrogen-bond acceptors (Lipinski definition) is 3. The average Bonchev–Trinajstić information content (AvgIpc) is 3.71. The average molecular weight is 691 g/mol. The second-order valence-electron chi connectivity index (χ2n) is 13.9. The van der Waals surface area contributed by atoms with E-state index in [1.807, 2.05) is 12.3 Å². The molecule has 51 heavy (non-hydrogen) atoms. The molecule has 0 saturated heterocycles. The van der Waals surface area contributed by atoms with E-state index < -0.39 is 16.1 Å². The van der Waals surface area contributed by atoms with E-state index in [-0.39, 0.29) is 0 Å². The molecular formula is C44H34N4OSi2. The van der Waals surface area contributed by atoms with Gasteiger partial charge in [-0.3, -0.25) is 8.97 Å². The monoisotopic (exact) mass is 690 g/mol. The Labute approximate surface area is 298 Å². The maximum absolute atomic E-state index is 7.10. The highest BCUT2D eigenvalue weighted by Gasteiger charge is 2.47. The Morgan fingerprint density at radius 3 is 1.96 bits per heavy atom. The number of rotatable bonds is 5. The first-order valence-electron chi connectivity index (χ1n) is 17.4. The summed E-state index contributed by atoms with van der Waals surface area (Å²) in [4.78, 5) is 10.3. The van der Waals surface area contributed by atoms with Crippen LogP contribution < -0.4 is 35.9 Å². The lowest BCUT2D eigenvalue weighted by molar-refractivity contribution is 0.490. The molecule has 10 rings (SSSR count). The van der Waals surface area contributed by atoms with E-state index in [2.05, 4.69) is 180 Å². The van der Waals surface area contributed by atoms with Crippen molar-refractivity contribution < 1.29 is 4.74 Å². The Balaban J connectivity index is 1.31. The van der Waals surface area contributed by atoms with Crippen LogP contribution in [0.3, 0.4) is 0 Å². The van der Waals surface area contributed by atoms with E-state index in [4.69, 9.17) is 14.7 Å². The molecule has 0 fully saturated rings. The molecule has 0 aliphatic carbocycles. The van der Waals surface area contributed by atoms with E-state index in [9.17, 15) is 0 Å². The van der Waals surface area contributed by atoms with Gasteiger partial charge in [0, 0.05) is 6.20 Å². The first-order valence-corrected chi connectivity index (χ1v) is 22.4. The summed E-state index contributed by atoms with van der Waals surface area (Å²) in [6, 6.07) is 59.1. The molecule has 0 atom stereocenters. The van der Waals surface area contributed by atoms with Crippen LogP contribution in [0, 0.1) is 0 Å².